The molecule has 0 saturated heterocycles. The summed E-state index contributed by atoms with van der Waals surface area (Å²) in [5, 5.41) is 23.9. The number of carboxylic acids is 1. The number of nitrogens with one attached hydrogen (secondary N) is 2. The molecular weight excluding hydrogens is 272 g/mol. The zero-order chi connectivity index (χ0) is 15.4. The highest BCUT2D eigenvalue weighted by atomic mass is 16.4. The van der Waals surface area contributed by atoms with Crippen molar-refractivity contribution in [2.45, 2.75) is 44.8 Å². The van der Waals surface area contributed by atoms with Crippen LogP contribution in [-0.2, 0) is 0 Å². The van der Waals surface area contributed by atoms with Gasteiger partial charge in [0, 0.05) is 11.7 Å². The monoisotopic (exact) mass is 292 g/mol. The molecule has 0 bridgehead atoms. The van der Waals surface area contributed by atoms with Gasteiger partial charge in [0.05, 0.1) is 11.7 Å². The van der Waals surface area contributed by atoms with Crippen LogP contribution in [0.2, 0.25) is 0 Å². The minimum absolute atomic E-state index is 0.0522. The number of carboxylic acid groups (broad SMARTS) is 1. The summed E-state index contributed by atoms with van der Waals surface area (Å²) in [6.45, 7) is 1.80. The maximum absolute atomic E-state index is 12.0. The Morgan fingerprint density at radius 3 is 2.48 bits per heavy atom. The van der Waals surface area contributed by atoms with Crippen molar-refractivity contribution in [1.29, 1.82) is 0 Å². The second-order valence-corrected chi connectivity index (χ2v) is 5.44. The minimum atomic E-state index is -1.03. The quantitative estimate of drug-likeness (QED) is 0.685. The molecule has 6 heteroatoms. The smallest absolute Gasteiger partial charge is 0.335 e. The third-order valence-electron chi connectivity index (χ3n) is 3.76. The van der Waals surface area contributed by atoms with Crippen molar-refractivity contribution in [3.8, 4) is 0 Å². The van der Waals surface area contributed by atoms with Crippen LogP contribution in [0, 0.1) is 6.92 Å². The van der Waals surface area contributed by atoms with Crippen molar-refractivity contribution < 1.29 is 19.8 Å². The fraction of sp³-hybridized carbons (Fsp3) is 0.467. The molecule has 1 aromatic carbocycles. The summed E-state index contributed by atoms with van der Waals surface area (Å²) in [5.74, 6) is -1.03. The Morgan fingerprint density at radius 2 is 1.86 bits per heavy atom. The highest BCUT2D eigenvalue weighted by Crippen LogP contribution is 2.20. The van der Waals surface area contributed by atoms with Gasteiger partial charge in [-0.3, -0.25) is 0 Å². The topological polar surface area (TPSA) is 98.7 Å². The van der Waals surface area contributed by atoms with Gasteiger partial charge in [0.25, 0.3) is 0 Å². The SMILES string of the molecule is Cc1ccc(C(=O)O)cc1NC(=O)NC1CCC(O)CC1. The van der Waals surface area contributed by atoms with E-state index in [-0.39, 0.29) is 23.7 Å². The summed E-state index contributed by atoms with van der Waals surface area (Å²) in [6.07, 6.45) is 2.63. The molecule has 0 spiro atoms. The van der Waals surface area contributed by atoms with Gasteiger partial charge in [0.2, 0.25) is 0 Å². The summed E-state index contributed by atoms with van der Waals surface area (Å²) < 4.78 is 0. The molecule has 0 radical (unpaired) electrons. The molecule has 0 atom stereocenters. The summed E-state index contributed by atoms with van der Waals surface area (Å²) in [6, 6.07) is 4.32. The fourth-order valence-electron chi connectivity index (χ4n) is 2.45. The molecule has 1 saturated carbocycles. The van der Waals surface area contributed by atoms with E-state index in [9.17, 15) is 14.7 Å². The number of urea groups is 1. The van der Waals surface area contributed by atoms with E-state index in [1.807, 2.05) is 0 Å². The van der Waals surface area contributed by atoms with E-state index in [1.54, 1.807) is 13.0 Å². The van der Waals surface area contributed by atoms with Gasteiger partial charge in [-0.2, -0.15) is 0 Å². The van der Waals surface area contributed by atoms with Crippen molar-refractivity contribution in [2.75, 3.05) is 5.32 Å². The standard InChI is InChI=1S/C15H20N2O4/c1-9-2-3-10(14(19)20)8-13(9)17-15(21)16-11-4-6-12(18)7-5-11/h2-3,8,11-12,18H,4-7H2,1H3,(H,19,20)(H2,16,17,21). The number of amides is 2. The van der Waals surface area contributed by atoms with Crippen molar-refractivity contribution in [2.24, 2.45) is 0 Å². The molecule has 2 rings (SSSR count). The second-order valence-electron chi connectivity index (χ2n) is 5.44. The predicted octanol–water partition coefficient (Wildman–Crippen LogP) is 2.12. The number of aliphatic hydroxyl groups is 1. The molecule has 1 aliphatic carbocycles. The van der Waals surface area contributed by atoms with Crippen LogP contribution >= 0.6 is 0 Å². The van der Waals surface area contributed by atoms with E-state index < -0.39 is 5.97 Å². The molecule has 2 amide bonds. The Bertz CT molecular complexity index is 536. The molecule has 4 N–H and O–H groups in total. The van der Waals surface area contributed by atoms with Crippen molar-refractivity contribution in [3.63, 3.8) is 0 Å². The normalized spacial score (nSPS) is 21.6. The van der Waals surface area contributed by atoms with E-state index in [1.165, 1.54) is 12.1 Å². The van der Waals surface area contributed by atoms with Gasteiger partial charge in [0.1, 0.15) is 0 Å². The molecule has 0 heterocycles. The predicted molar refractivity (Wildman–Crippen MR) is 78.6 cm³/mol. The summed E-state index contributed by atoms with van der Waals surface area (Å²) in [4.78, 5) is 22.9. The summed E-state index contributed by atoms with van der Waals surface area (Å²) in [5.41, 5.74) is 1.43. The largest absolute Gasteiger partial charge is 0.478 e. The van der Waals surface area contributed by atoms with Crippen LogP contribution in [0.3, 0.4) is 0 Å². The van der Waals surface area contributed by atoms with Crippen LogP contribution in [0.25, 0.3) is 0 Å². The number of aryl methyl sites for hydroxylation is 1. The zero-order valence-corrected chi connectivity index (χ0v) is 11.9. The van der Waals surface area contributed by atoms with Crippen LogP contribution in [0.5, 0.6) is 0 Å². The number of benzene rings is 1. The summed E-state index contributed by atoms with van der Waals surface area (Å²) in [7, 11) is 0. The van der Waals surface area contributed by atoms with Crippen LogP contribution in [0.1, 0.15) is 41.6 Å². The van der Waals surface area contributed by atoms with Crippen LogP contribution in [-0.4, -0.2) is 34.4 Å². The molecule has 1 aromatic rings. The van der Waals surface area contributed by atoms with E-state index in [2.05, 4.69) is 10.6 Å². The average molecular weight is 292 g/mol. The number of aromatic carboxylic acids is 1. The Hall–Kier alpha value is -2.08. The number of anilines is 1. The van der Waals surface area contributed by atoms with Gasteiger partial charge in [-0.1, -0.05) is 6.07 Å². The molecular formula is C15H20N2O4. The maximum Gasteiger partial charge on any atom is 0.335 e. The van der Waals surface area contributed by atoms with Gasteiger partial charge >= 0.3 is 12.0 Å². The maximum atomic E-state index is 12.0. The highest BCUT2D eigenvalue weighted by Gasteiger charge is 2.21. The average Bonchev–Trinajstić information content (AvgIpc) is 2.43. The highest BCUT2D eigenvalue weighted by molar-refractivity contribution is 5.94. The molecule has 1 aliphatic rings. The molecule has 114 valence electrons. The lowest BCUT2D eigenvalue weighted by Gasteiger charge is -2.26. The zero-order valence-electron chi connectivity index (χ0n) is 11.9. The minimum Gasteiger partial charge on any atom is -0.478 e. The van der Waals surface area contributed by atoms with Gasteiger partial charge in [0.15, 0.2) is 0 Å². The van der Waals surface area contributed by atoms with E-state index in [4.69, 9.17) is 5.11 Å². The number of rotatable bonds is 3. The number of aliphatic hydroxyl groups excluding tert-OH is 1. The number of hydrogen-bond donors (Lipinski definition) is 4. The Kier molecular flexibility index (Phi) is 4.80. The number of carbonyl (C=O) groups excluding carboxylic acids is 1. The first kappa shape index (κ1) is 15.3. The molecule has 21 heavy (non-hydrogen) atoms. The number of hydrogen-bond acceptors (Lipinski definition) is 3. The first-order valence-electron chi connectivity index (χ1n) is 7.05. The molecule has 0 aliphatic heterocycles. The third-order valence-corrected chi connectivity index (χ3v) is 3.76. The lowest BCUT2D eigenvalue weighted by molar-refractivity contribution is 0.0697. The van der Waals surface area contributed by atoms with E-state index in [0.717, 1.165) is 18.4 Å². The van der Waals surface area contributed by atoms with E-state index >= 15 is 0 Å². The van der Waals surface area contributed by atoms with Crippen LogP contribution in [0.15, 0.2) is 18.2 Å². The van der Waals surface area contributed by atoms with Crippen molar-refractivity contribution in [3.05, 3.63) is 29.3 Å². The van der Waals surface area contributed by atoms with Crippen molar-refractivity contribution in [1.82, 2.24) is 5.32 Å². The summed E-state index contributed by atoms with van der Waals surface area (Å²) >= 11 is 0. The Balaban J connectivity index is 1.96. The second kappa shape index (κ2) is 6.58. The molecule has 1 fully saturated rings. The van der Waals surface area contributed by atoms with Crippen LogP contribution in [0.4, 0.5) is 10.5 Å². The van der Waals surface area contributed by atoms with Gasteiger partial charge in [-0.15, -0.1) is 0 Å². The van der Waals surface area contributed by atoms with Gasteiger partial charge in [-0.25, -0.2) is 9.59 Å². The number of carbonyl (C=O) groups is 2. The van der Waals surface area contributed by atoms with Crippen LogP contribution < -0.4 is 10.6 Å². The molecule has 0 aromatic heterocycles. The van der Waals surface area contributed by atoms with Crippen molar-refractivity contribution >= 4 is 17.7 Å². The van der Waals surface area contributed by atoms with E-state index in [0.29, 0.717) is 18.5 Å². The first-order chi connectivity index (χ1) is 9.95. The fourth-order valence-corrected chi connectivity index (χ4v) is 2.45. The van der Waals surface area contributed by atoms with Gasteiger partial charge in [-0.05, 0) is 50.3 Å². The molecule has 6 nitrogen and oxygen atoms in total. The van der Waals surface area contributed by atoms with Gasteiger partial charge < -0.3 is 20.8 Å². The Labute approximate surface area is 123 Å². The lowest BCUT2D eigenvalue weighted by atomic mass is 9.93. The molecule has 0 unspecified atom stereocenters. The first-order valence-corrected chi connectivity index (χ1v) is 7.05. The lowest BCUT2D eigenvalue weighted by Crippen LogP contribution is -2.41. The Morgan fingerprint density at radius 1 is 1.19 bits per heavy atom. The third kappa shape index (κ3) is 4.19.